The lowest BCUT2D eigenvalue weighted by atomic mass is 9.82. The molecule has 1 N–H and O–H groups in total. The molecule has 1 fully saturated rings. The number of sulfone groups is 1. The van der Waals surface area contributed by atoms with Crippen molar-refractivity contribution in [1.82, 2.24) is 10.3 Å². The van der Waals surface area contributed by atoms with Crippen LogP contribution in [0, 0.1) is 5.41 Å². The van der Waals surface area contributed by atoms with E-state index >= 15 is 0 Å². The van der Waals surface area contributed by atoms with Gasteiger partial charge >= 0.3 is 0 Å². The van der Waals surface area contributed by atoms with Crippen molar-refractivity contribution in [3.05, 3.63) is 16.6 Å². The highest BCUT2D eigenvalue weighted by molar-refractivity contribution is 7.91. The zero-order valence-corrected chi connectivity index (χ0v) is 13.4. The van der Waals surface area contributed by atoms with E-state index in [2.05, 4.69) is 31.1 Å². The first-order valence-corrected chi connectivity index (χ1v) is 9.29. The number of aromatic nitrogens is 1. The zero-order chi connectivity index (χ0) is 14.1. The Balaban J connectivity index is 2.14. The summed E-state index contributed by atoms with van der Waals surface area (Å²) in [5.41, 5.74) is 2.63. The van der Waals surface area contributed by atoms with Gasteiger partial charge in [0.15, 0.2) is 9.84 Å². The van der Waals surface area contributed by atoms with Crippen LogP contribution in [0.2, 0.25) is 0 Å². The summed E-state index contributed by atoms with van der Waals surface area (Å²) in [7, 11) is -2.89. The molecule has 0 radical (unpaired) electrons. The second-order valence-electron chi connectivity index (χ2n) is 6.60. The number of hydrogen-bond donors (Lipinski definition) is 1. The maximum absolute atomic E-state index is 11.9. The van der Waals surface area contributed by atoms with Crippen LogP contribution in [-0.4, -0.2) is 37.0 Å². The average molecular weight is 302 g/mol. The molecule has 1 aromatic heterocycles. The summed E-state index contributed by atoms with van der Waals surface area (Å²) in [5, 5.41) is 5.48. The monoisotopic (exact) mass is 302 g/mol. The Morgan fingerprint density at radius 3 is 2.68 bits per heavy atom. The van der Waals surface area contributed by atoms with Gasteiger partial charge in [-0.3, -0.25) is 0 Å². The summed E-state index contributed by atoms with van der Waals surface area (Å²) < 4.78 is 23.7. The second kappa shape index (κ2) is 5.14. The van der Waals surface area contributed by atoms with Crippen molar-refractivity contribution in [1.29, 1.82) is 0 Å². The molecule has 0 aliphatic carbocycles. The van der Waals surface area contributed by atoms with Crippen molar-refractivity contribution in [2.75, 3.05) is 18.1 Å². The Kier molecular flexibility index (Phi) is 4.05. The quantitative estimate of drug-likeness (QED) is 0.922. The van der Waals surface area contributed by atoms with Crippen LogP contribution in [0.4, 0.5) is 0 Å². The van der Waals surface area contributed by atoms with Gasteiger partial charge in [0.05, 0.1) is 22.7 Å². The van der Waals surface area contributed by atoms with Gasteiger partial charge in [0.1, 0.15) is 0 Å². The average Bonchev–Trinajstić information content (AvgIpc) is 2.84. The molecule has 1 unspecified atom stereocenters. The molecular formula is C13H22N2O2S2. The van der Waals surface area contributed by atoms with Crippen LogP contribution in [0.3, 0.4) is 0 Å². The molecule has 2 heterocycles. The van der Waals surface area contributed by atoms with Crippen LogP contribution < -0.4 is 5.32 Å². The fourth-order valence-corrected chi connectivity index (χ4v) is 5.21. The number of nitrogens with one attached hydrogen (secondary N) is 1. The predicted octanol–water partition coefficient (Wildman–Crippen LogP) is 1.88. The molecule has 0 aromatic carbocycles. The molecule has 1 aliphatic rings. The number of hydrogen-bond acceptors (Lipinski definition) is 5. The van der Waals surface area contributed by atoms with Crippen LogP contribution in [0.15, 0.2) is 10.9 Å². The SMILES string of the molecule is CC(C)(C)NCC1(Cc2cscn2)CCS(=O)(=O)C1. The summed E-state index contributed by atoms with van der Waals surface area (Å²) in [6, 6.07) is 0. The third kappa shape index (κ3) is 4.26. The van der Waals surface area contributed by atoms with E-state index in [4.69, 9.17) is 0 Å². The number of nitrogens with zero attached hydrogens (tertiary/aromatic N) is 1. The lowest BCUT2D eigenvalue weighted by molar-refractivity contribution is 0.269. The molecule has 6 heteroatoms. The van der Waals surface area contributed by atoms with Crippen LogP contribution in [-0.2, 0) is 16.3 Å². The highest BCUT2D eigenvalue weighted by atomic mass is 32.2. The smallest absolute Gasteiger partial charge is 0.150 e. The first-order chi connectivity index (χ1) is 8.70. The lowest BCUT2D eigenvalue weighted by Crippen LogP contribution is -2.45. The Morgan fingerprint density at radius 1 is 1.47 bits per heavy atom. The fraction of sp³-hybridized carbons (Fsp3) is 0.769. The van der Waals surface area contributed by atoms with Gasteiger partial charge in [-0.1, -0.05) is 0 Å². The molecule has 108 valence electrons. The molecule has 1 saturated heterocycles. The van der Waals surface area contributed by atoms with Gasteiger partial charge in [-0.25, -0.2) is 13.4 Å². The van der Waals surface area contributed by atoms with Gasteiger partial charge in [0.2, 0.25) is 0 Å². The summed E-state index contributed by atoms with van der Waals surface area (Å²) in [5.74, 6) is 0.587. The number of thiazole rings is 1. The maximum Gasteiger partial charge on any atom is 0.150 e. The standard InChI is InChI=1S/C13H22N2O2S2/c1-12(2,3)15-8-13(4-5-19(16,17)9-13)6-11-7-18-10-14-11/h7,10,15H,4-6,8-9H2,1-3H3. The minimum Gasteiger partial charge on any atom is -0.311 e. The molecule has 0 spiro atoms. The topological polar surface area (TPSA) is 59.1 Å². The Labute approximate surface area is 119 Å². The maximum atomic E-state index is 11.9. The molecule has 1 aromatic rings. The summed E-state index contributed by atoms with van der Waals surface area (Å²) in [6.07, 6.45) is 1.48. The van der Waals surface area contributed by atoms with Gasteiger partial charge in [0.25, 0.3) is 0 Å². The van der Waals surface area contributed by atoms with Gasteiger partial charge < -0.3 is 5.32 Å². The predicted molar refractivity (Wildman–Crippen MR) is 79.3 cm³/mol. The van der Waals surface area contributed by atoms with Crippen LogP contribution in [0.5, 0.6) is 0 Å². The molecule has 0 bridgehead atoms. The van der Waals surface area contributed by atoms with E-state index in [1.165, 1.54) is 0 Å². The molecule has 0 amide bonds. The van der Waals surface area contributed by atoms with E-state index in [1.807, 2.05) is 10.9 Å². The summed E-state index contributed by atoms with van der Waals surface area (Å²) >= 11 is 1.56. The fourth-order valence-electron chi connectivity index (χ4n) is 2.49. The summed E-state index contributed by atoms with van der Waals surface area (Å²) in [6.45, 7) is 7.04. The molecule has 0 saturated carbocycles. The number of rotatable bonds is 4. The largest absolute Gasteiger partial charge is 0.311 e. The van der Waals surface area contributed by atoms with Crippen molar-refractivity contribution in [2.45, 2.75) is 39.2 Å². The molecule has 4 nitrogen and oxygen atoms in total. The molecular weight excluding hydrogens is 280 g/mol. The van der Waals surface area contributed by atoms with Crippen molar-refractivity contribution in [2.24, 2.45) is 5.41 Å². The Bertz CT molecular complexity index is 517. The third-order valence-corrected chi connectivity index (χ3v) is 6.02. The zero-order valence-electron chi connectivity index (χ0n) is 11.8. The highest BCUT2D eigenvalue weighted by Crippen LogP contribution is 2.35. The van der Waals surface area contributed by atoms with Crippen LogP contribution in [0.1, 0.15) is 32.9 Å². The minimum atomic E-state index is -2.89. The molecule has 19 heavy (non-hydrogen) atoms. The van der Waals surface area contributed by atoms with Gasteiger partial charge in [-0.2, -0.15) is 0 Å². The second-order valence-corrected chi connectivity index (χ2v) is 9.50. The lowest BCUT2D eigenvalue weighted by Gasteiger charge is -2.32. The first kappa shape index (κ1) is 14.9. The van der Waals surface area contributed by atoms with E-state index < -0.39 is 9.84 Å². The van der Waals surface area contributed by atoms with Crippen LogP contribution in [0.25, 0.3) is 0 Å². The van der Waals surface area contributed by atoms with E-state index in [9.17, 15) is 8.42 Å². The third-order valence-electron chi connectivity index (χ3n) is 3.50. The summed E-state index contributed by atoms with van der Waals surface area (Å²) in [4.78, 5) is 4.31. The first-order valence-electron chi connectivity index (χ1n) is 6.52. The molecule has 1 aliphatic heterocycles. The van der Waals surface area contributed by atoms with E-state index in [1.54, 1.807) is 11.3 Å². The van der Waals surface area contributed by atoms with Crippen molar-refractivity contribution < 1.29 is 8.42 Å². The molecule has 1 atom stereocenters. The highest BCUT2D eigenvalue weighted by Gasteiger charge is 2.42. The van der Waals surface area contributed by atoms with Crippen molar-refractivity contribution >= 4 is 21.2 Å². The van der Waals surface area contributed by atoms with Crippen molar-refractivity contribution in [3.8, 4) is 0 Å². The van der Waals surface area contributed by atoms with Crippen LogP contribution >= 0.6 is 11.3 Å². The normalized spacial score (nSPS) is 26.7. The van der Waals surface area contributed by atoms with Gasteiger partial charge in [0, 0.05) is 22.9 Å². The van der Waals surface area contributed by atoms with E-state index in [0.29, 0.717) is 5.75 Å². The van der Waals surface area contributed by atoms with E-state index in [0.717, 1.165) is 25.1 Å². The van der Waals surface area contributed by atoms with Crippen molar-refractivity contribution in [3.63, 3.8) is 0 Å². The molecule has 2 rings (SSSR count). The van der Waals surface area contributed by atoms with Gasteiger partial charge in [-0.05, 0) is 33.6 Å². The van der Waals surface area contributed by atoms with E-state index in [-0.39, 0.29) is 16.7 Å². The Morgan fingerprint density at radius 2 is 2.21 bits per heavy atom. The van der Waals surface area contributed by atoms with Gasteiger partial charge in [-0.15, -0.1) is 11.3 Å². The Hall–Kier alpha value is -0.460. The minimum absolute atomic E-state index is 0.00142.